The second kappa shape index (κ2) is 2.58. The molecule has 14 heavy (non-hydrogen) atoms. The summed E-state index contributed by atoms with van der Waals surface area (Å²) in [6.07, 6.45) is 5.96. The van der Waals surface area contributed by atoms with Gasteiger partial charge in [0.1, 0.15) is 5.82 Å². The number of halogens is 1. The quantitative estimate of drug-likeness (QED) is 0.844. The van der Waals surface area contributed by atoms with Crippen LogP contribution in [0.5, 0.6) is 0 Å². The number of aromatic nitrogens is 2. The van der Waals surface area contributed by atoms with E-state index < -0.39 is 0 Å². The van der Waals surface area contributed by atoms with Gasteiger partial charge in [0.05, 0.1) is 17.3 Å². The molecule has 0 bridgehead atoms. The lowest BCUT2D eigenvalue weighted by Crippen LogP contribution is -2.22. The van der Waals surface area contributed by atoms with E-state index >= 15 is 0 Å². The zero-order chi connectivity index (χ0) is 9.76. The van der Waals surface area contributed by atoms with Crippen LogP contribution in [0.1, 0.15) is 18.7 Å². The van der Waals surface area contributed by atoms with Gasteiger partial charge in [-0.3, -0.25) is 0 Å². The van der Waals surface area contributed by atoms with Crippen LogP contribution in [-0.2, 0) is 5.54 Å². The second-order valence-electron chi connectivity index (χ2n) is 3.85. The summed E-state index contributed by atoms with van der Waals surface area (Å²) in [4.78, 5) is 4.40. The van der Waals surface area contributed by atoms with E-state index in [2.05, 4.69) is 25.3 Å². The Morgan fingerprint density at radius 3 is 3.00 bits per heavy atom. The summed E-state index contributed by atoms with van der Waals surface area (Å²) in [7, 11) is 0. The first kappa shape index (κ1) is 8.44. The molecular weight excluding hydrogens is 242 g/mol. The summed E-state index contributed by atoms with van der Waals surface area (Å²) in [5.74, 6) is 0.980. The molecule has 4 heteroatoms. The van der Waals surface area contributed by atoms with Crippen molar-refractivity contribution in [1.82, 2.24) is 9.38 Å². The van der Waals surface area contributed by atoms with Crippen molar-refractivity contribution in [1.29, 1.82) is 0 Å². The molecule has 0 atom stereocenters. The predicted molar refractivity (Wildman–Crippen MR) is 58.0 cm³/mol. The fourth-order valence-electron chi connectivity index (χ4n) is 1.71. The molecule has 0 aromatic carbocycles. The number of hydrogen-bond acceptors (Lipinski definition) is 2. The number of nitrogens with zero attached hydrogens (tertiary/aromatic N) is 2. The number of imidazole rings is 1. The first-order valence-electron chi connectivity index (χ1n) is 4.62. The van der Waals surface area contributed by atoms with Gasteiger partial charge >= 0.3 is 0 Å². The maximum atomic E-state index is 6.13. The van der Waals surface area contributed by atoms with Crippen LogP contribution < -0.4 is 5.73 Å². The van der Waals surface area contributed by atoms with Gasteiger partial charge in [-0.1, -0.05) is 0 Å². The van der Waals surface area contributed by atoms with Gasteiger partial charge in [-0.15, -0.1) is 0 Å². The van der Waals surface area contributed by atoms with Crippen LogP contribution in [0.15, 0.2) is 29.0 Å². The molecule has 0 unspecified atom stereocenters. The Bertz CT molecular complexity index is 499. The van der Waals surface area contributed by atoms with Gasteiger partial charge in [0.15, 0.2) is 0 Å². The van der Waals surface area contributed by atoms with Gasteiger partial charge in [-0.2, -0.15) is 0 Å². The van der Waals surface area contributed by atoms with Gasteiger partial charge in [-0.25, -0.2) is 4.98 Å². The molecule has 1 aliphatic rings. The van der Waals surface area contributed by atoms with Crippen LogP contribution in [0.3, 0.4) is 0 Å². The van der Waals surface area contributed by atoms with Crippen molar-refractivity contribution >= 4 is 21.4 Å². The number of nitrogens with two attached hydrogens (primary N) is 1. The summed E-state index contributed by atoms with van der Waals surface area (Å²) >= 11 is 3.50. The highest BCUT2D eigenvalue weighted by Crippen LogP contribution is 2.42. The third-order valence-electron chi connectivity index (χ3n) is 2.75. The molecule has 2 aromatic heterocycles. The first-order valence-corrected chi connectivity index (χ1v) is 5.41. The zero-order valence-electron chi connectivity index (χ0n) is 7.57. The van der Waals surface area contributed by atoms with E-state index in [9.17, 15) is 0 Å². The fraction of sp³-hybridized carbons (Fsp3) is 0.300. The topological polar surface area (TPSA) is 43.3 Å². The number of fused-ring (bicyclic) bond motifs is 1. The van der Waals surface area contributed by atoms with Crippen molar-refractivity contribution < 1.29 is 0 Å². The molecule has 2 heterocycles. The molecule has 0 aliphatic heterocycles. The smallest absolute Gasteiger partial charge is 0.133 e. The van der Waals surface area contributed by atoms with Gasteiger partial charge < -0.3 is 10.1 Å². The summed E-state index contributed by atoms with van der Waals surface area (Å²) in [6.45, 7) is 0. The lowest BCUT2D eigenvalue weighted by molar-refractivity contribution is 0.669. The molecule has 3 rings (SSSR count). The summed E-state index contributed by atoms with van der Waals surface area (Å²) in [5.41, 5.74) is 7.04. The number of pyridine rings is 1. The molecular formula is C10H10BrN3. The third kappa shape index (κ3) is 1.04. The molecule has 0 saturated heterocycles. The van der Waals surface area contributed by atoms with Gasteiger partial charge in [0.2, 0.25) is 0 Å². The van der Waals surface area contributed by atoms with Crippen molar-refractivity contribution in [2.45, 2.75) is 18.4 Å². The van der Waals surface area contributed by atoms with Crippen molar-refractivity contribution in [2.75, 3.05) is 0 Å². The van der Waals surface area contributed by atoms with Crippen LogP contribution in [0.25, 0.3) is 5.52 Å². The normalized spacial score (nSPS) is 18.7. The van der Waals surface area contributed by atoms with Crippen LogP contribution in [-0.4, -0.2) is 9.38 Å². The minimum absolute atomic E-state index is 0.173. The van der Waals surface area contributed by atoms with Crippen molar-refractivity contribution in [2.24, 2.45) is 5.73 Å². The predicted octanol–water partition coefficient (Wildman–Crippen LogP) is 2.04. The second-order valence-corrected chi connectivity index (χ2v) is 4.70. The molecule has 3 nitrogen and oxygen atoms in total. The van der Waals surface area contributed by atoms with Gasteiger partial charge in [0.25, 0.3) is 0 Å². The summed E-state index contributed by atoms with van der Waals surface area (Å²) in [6, 6.07) is 4.00. The molecule has 1 saturated carbocycles. The van der Waals surface area contributed by atoms with Crippen LogP contribution in [0.4, 0.5) is 0 Å². The van der Waals surface area contributed by atoms with Crippen LogP contribution >= 0.6 is 15.9 Å². The minimum atomic E-state index is -0.173. The maximum absolute atomic E-state index is 6.13. The Morgan fingerprint density at radius 1 is 1.50 bits per heavy atom. The average Bonchev–Trinajstić information content (AvgIpc) is 2.77. The van der Waals surface area contributed by atoms with E-state index in [1.807, 2.05) is 24.5 Å². The van der Waals surface area contributed by atoms with E-state index in [1.165, 1.54) is 0 Å². The third-order valence-corrected chi connectivity index (χ3v) is 3.42. The van der Waals surface area contributed by atoms with E-state index in [1.54, 1.807) is 0 Å². The maximum Gasteiger partial charge on any atom is 0.133 e. The van der Waals surface area contributed by atoms with Gasteiger partial charge in [0, 0.05) is 10.7 Å². The summed E-state index contributed by atoms with van der Waals surface area (Å²) in [5, 5.41) is 0. The zero-order valence-corrected chi connectivity index (χ0v) is 9.16. The number of hydrogen-bond donors (Lipinski definition) is 1. The SMILES string of the molecule is NC1(c2ncc3c(Br)cccn23)CC1. The Labute approximate surface area is 90.1 Å². The van der Waals surface area contributed by atoms with Gasteiger partial charge in [-0.05, 0) is 40.9 Å². The Balaban J connectivity index is 2.32. The summed E-state index contributed by atoms with van der Waals surface area (Å²) < 4.78 is 3.12. The van der Waals surface area contributed by atoms with E-state index in [4.69, 9.17) is 5.73 Å². The molecule has 0 radical (unpaired) electrons. The van der Waals surface area contributed by atoms with Crippen LogP contribution in [0.2, 0.25) is 0 Å². The molecule has 0 amide bonds. The molecule has 2 aromatic rings. The molecule has 72 valence electrons. The van der Waals surface area contributed by atoms with Crippen molar-refractivity contribution in [3.05, 3.63) is 34.8 Å². The first-order chi connectivity index (χ1) is 6.71. The Morgan fingerprint density at radius 2 is 2.29 bits per heavy atom. The highest BCUT2D eigenvalue weighted by atomic mass is 79.9. The fourth-order valence-corrected chi connectivity index (χ4v) is 2.16. The highest BCUT2D eigenvalue weighted by Gasteiger charge is 2.43. The largest absolute Gasteiger partial charge is 0.319 e. The lowest BCUT2D eigenvalue weighted by atomic mass is 10.3. The molecule has 1 aliphatic carbocycles. The van der Waals surface area contributed by atoms with Crippen molar-refractivity contribution in [3.8, 4) is 0 Å². The Hall–Kier alpha value is -0.870. The van der Waals surface area contributed by atoms with Crippen LogP contribution in [0, 0.1) is 0 Å². The van der Waals surface area contributed by atoms with E-state index in [0.29, 0.717) is 0 Å². The monoisotopic (exact) mass is 251 g/mol. The number of rotatable bonds is 1. The highest BCUT2D eigenvalue weighted by molar-refractivity contribution is 9.10. The minimum Gasteiger partial charge on any atom is -0.319 e. The molecule has 1 fully saturated rings. The van der Waals surface area contributed by atoms with E-state index in [0.717, 1.165) is 28.7 Å². The standard InChI is InChI=1S/C10H10BrN3/c11-7-2-1-5-14-8(7)6-13-9(14)10(12)3-4-10/h1-2,5-6H,3-4,12H2. The molecule has 2 N–H and O–H groups in total. The van der Waals surface area contributed by atoms with E-state index in [-0.39, 0.29) is 5.54 Å². The average molecular weight is 252 g/mol. The molecule has 0 spiro atoms. The van der Waals surface area contributed by atoms with Crippen molar-refractivity contribution in [3.63, 3.8) is 0 Å². The lowest BCUT2D eigenvalue weighted by Gasteiger charge is -2.07. The Kier molecular flexibility index (Phi) is 1.56.